The fraction of sp³-hybridized carbons (Fsp3) is 0.400. The van der Waals surface area contributed by atoms with Crippen molar-refractivity contribution in [2.45, 2.75) is 25.4 Å². The molecule has 1 aromatic carbocycles. The van der Waals surface area contributed by atoms with Crippen LogP contribution < -0.4 is 38.4 Å². The molecule has 12 heteroatoms. The van der Waals surface area contributed by atoms with E-state index in [1.807, 2.05) is 24.0 Å². The van der Waals surface area contributed by atoms with Crippen LogP contribution in [-0.4, -0.2) is 53.2 Å². The lowest BCUT2D eigenvalue weighted by Gasteiger charge is -2.34. The van der Waals surface area contributed by atoms with E-state index in [-0.39, 0.29) is 24.5 Å². The molecule has 3 heterocycles. The van der Waals surface area contributed by atoms with Crippen molar-refractivity contribution in [1.29, 1.82) is 0 Å². The van der Waals surface area contributed by atoms with E-state index < -0.39 is 5.63 Å². The van der Waals surface area contributed by atoms with Crippen molar-refractivity contribution in [2.24, 2.45) is 17.2 Å². The smallest absolute Gasteiger partial charge is 0.336 e. The van der Waals surface area contributed by atoms with E-state index in [1.54, 1.807) is 6.07 Å². The summed E-state index contributed by atoms with van der Waals surface area (Å²) >= 11 is 0. The van der Waals surface area contributed by atoms with Crippen molar-refractivity contribution in [3.63, 3.8) is 0 Å². The Balaban J connectivity index is 0.00000289. The number of fused-ring (bicyclic) bond motifs is 1. The summed E-state index contributed by atoms with van der Waals surface area (Å²) in [6.45, 7) is 4.03. The van der Waals surface area contributed by atoms with Crippen LogP contribution in [0.2, 0.25) is 0 Å². The predicted molar refractivity (Wildman–Crippen MR) is 128 cm³/mol. The van der Waals surface area contributed by atoms with Crippen LogP contribution in [-0.2, 0) is 0 Å². The molecule has 3 aromatic rings. The number of anilines is 4. The number of hydrogen-bond acceptors (Lipinski definition) is 11. The molecule has 0 saturated carbocycles. The van der Waals surface area contributed by atoms with Gasteiger partial charge in [-0.2, -0.15) is 15.0 Å². The second-order valence-corrected chi connectivity index (χ2v) is 7.74. The largest absolute Gasteiger partial charge is 0.423 e. The highest BCUT2D eigenvalue weighted by Crippen LogP contribution is 2.24. The molecule has 1 aliphatic heterocycles. The van der Waals surface area contributed by atoms with Crippen molar-refractivity contribution < 1.29 is 4.42 Å². The van der Waals surface area contributed by atoms with E-state index in [1.165, 1.54) is 6.07 Å². The van der Waals surface area contributed by atoms with Crippen molar-refractivity contribution in [1.82, 2.24) is 15.0 Å². The molecule has 0 amide bonds. The first-order valence-electron chi connectivity index (χ1n) is 10.2. The zero-order chi connectivity index (χ0) is 22.0. The fourth-order valence-corrected chi connectivity index (χ4v) is 3.70. The fourth-order valence-electron chi connectivity index (χ4n) is 3.70. The number of aromatic nitrogens is 3. The Labute approximate surface area is 191 Å². The summed E-state index contributed by atoms with van der Waals surface area (Å²) in [5.74, 6) is 1.21. The number of piperidine rings is 1. The molecule has 0 spiro atoms. The third kappa shape index (κ3) is 5.43. The first kappa shape index (κ1) is 23.7. The van der Waals surface area contributed by atoms with E-state index >= 15 is 0 Å². The molecule has 11 nitrogen and oxygen atoms in total. The van der Waals surface area contributed by atoms with Crippen molar-refractivity contribution in [3.8, 4) is 0 Å². The Bertz CT molecular complexity index is 1130. The number of rotatable bonds is 6. The summed E-state index contributed by atoms with van der Waals surface area (Å²) in [4.78, 5) is 27.2. The lowest BCUT2D eigenvalue weighted by atomic mass is 10.0. The van der Waals surface area contributed by atoms with Gasteiger partial charge >= 0.3 is 5.63 Å². The van der Waals surface area contributed by atoms with Crippen LogP contribution in [0.25, 0.3) is 11.0 Å². The van der Waals surface area contributed by atoms with Crippen molar-refractivity contribution in [2.75, 3.05) is 41.7 Å². The van der Waals surface area contributed by atoms with Crippen LogP contribution in [0.5, 0.6) is 0 Å². The molecule has 2 atom stereocenters. The van der Waals surface area contributed by atoms with E-state index in [4.69, 9.17) is 21.6 Å². The maximum absolute atomic E-state index is 11.7. The highest BCUT2D eigenvalue weighted by atomic mass is 35.5. The number of nitrogens with zero attached hydrogens (tertiary/aromatic N) is 4. The van der Waals surface area contributed by atoms with Gasteiger partial charge in [0.1, 0.15) is 5.58 Å². The molecule has 0 bridgehead atoms. The van der Waals surface area contributed by atoms with Gasteiger partial charge in [-0.25, -0.2) is 4.79 Å². The molecule has 2 aromatic heterocycles. The van der Waals surface area contributed by atoms with Crippen LogP contribution in [0, 0.1) is 6.92 Å². The molecule has 0 aliphatic carbocycles. The molecule has 172 valence electrons. The lowest BCUT2D eigenvalue weighted by Crippen LogP contribution is -2.52. The second-order valence-electron chi connectivity index (χ2n) is 7.74. The van der Waals surface area contributed by atoms with Crippen molar-refractivity contribution >= 4 is 46.9 Å². The maximum atomic E-state index is 11.7. The summed E-state index contributed by atoms with van der Waals surface area (Å²) in [5.41, 5.74) is 19.5. The average Bonchev–Trinajstić information content (AvgIpc) is 2.71. The van der Waals surface area contributed by atoms with Crippen LogP contribution in [0.4, 0.5) is 23.5 Å². The summed E-state index contributed by atoms with van der Waals surface area (Å²) in [5, 5.41) is 7.12. The van der Waals surface area contributed by atoms with E-state index in [0.29, 0.717) is 55.3 Å². The van der Waals surface area contributed by atoms with E-state index in [9.17, 15) is 4.79 Å². The first-order valence-corrected chi connectivity index (χ1v) is 10.2. The Morgan fingerprint density at radius 1 is 1.12 bits per heavy atom. The predicted octanol–water partition coefficient (Wildman–Crippen LogP) is 0.687. The van der Waals surface area contributed by atoms with Crippen molar-refractivity contribution in [3.05, 3.63) is 40.2 Å². The number of aryl methyl sites for hydroxylation is 1. The summed E-state index contributed by atoms with van der Waals surface area (Å²) < 4.78 is 5.33. The molecule has 1 saturated heterocycles. The summed E-state index contributed by atoms with van der Waals surface area (Å²) in [6, 6.07) is 6.87. The molecule has 0 unspecified atom stereocenters. The molecule has 4 rings (SSSR count). The molecule has 32 heavy (non-hydrogen) atoms. The highest BCUT2D eigenvalue weighted by Gasteiger charge is 2.25. The van der Waals surface area contributed by atoms with Gasteiger partial charge in [0, 0.05) is 61.5 Å². The van der Waals surface area contributed by atoms with Crippen LogP contribution in [0.3, 0.4) is 0 Å². The van der Waals surface area contributed by atoms with Crippen LogP contribution in [0.1, 0.15) is 12.0 Å². The number of hydrogen-bond donors (Lipinski definition) is 5. The minimum absolute atomic E-state index is 0. The van der Waals surface area contributed by atoms with Gasteiger partial charge in [-0.05, 0) is 31.0 Å². The van der Waals surface area contributed by atoms with Gasteiger partial charge < -0.3 is 37.2 Å². The minimum atomic E-state index is -0.393. The quantitative estimate of drug-likeness (QED) is 0.326. The SMILES string of the molecule is Cc1cc(=O)oc2cc(Nc3nc(NCCN)nc(N4C[C@H](N)C[C@H](N)C4)n3)ccc12.Cl. The number of nitrogens with one attached hydrogen (secondary N) is 2. The van der Waals surface area contributed by atoms with Crippen LogP contribution in [0.15, 0.2) is 33.5 Å². The van der Waals surface area contributed by atoms with Gasteiger partial charge in [0.15, 0.2) is 0 Å². The van der Waals surface area contributed by atoms with Gasteiger partial charge in [0.25, 0.3) is 0 Å². The highest BCUT2D eigenvalue weighted by molar-refractivity contribution is 5.85. The molecule has 1 aliphatic rings. The van der Waals surface area contributed by atoms with Crippen LogP contribution >= 0.6 is 12.4 Å². The first-order chi connectivity index (χ1) is 14.9. The minimum Gasteiger partial charge on any atom is -0.423 e. The number of benzene rings is 1. The zero-order valence-electron chi connectivity index (χ0n) is 17.7. The molecular weight excluding hydrogens is 434 g/mol. The topological polar surface area (TPSA) is 174 Å². The van der Waals surface area contributed by atoms with E-state index in [0.717, 1.165) is 17.4 Å². The normalized spacial score (nSPS) is 18.3. The zero-order valence-corrected chi connectivity index (χ0v) is 18.6. The molecular formula is C20H28ClN9O2. The lowest BCUT2D eigenvalue weighted by molar-refractivity contribution is 0.447. The number of halogens is 1. The Kier molecular flexibility index (Phi) is 7.46. The summed E-state index contributed by atoms with van der Waals surface area (Å²) in [7, 11) is 0. The number of nitrogens with two attached hydrogens (primary N) is 3. The molecule has 8 N–H and O–H groups in total. The Morgan fingerprint density at radius 3 is 2.56 bits per heavy atom. The van der Waals surface area contributed by atoms with Gasteiger partial charge in [0.2, 0.25) is 17.8 Å². The Hall–Kier alpha value is -2.99. The standard InChI is InChI=1S/C20H27N9O2.ClH/c1-11-6-17(30)31-16-8-14(2-3-15(11)16)25-19-26-18(24-5-4-21)27-20(28-19)29-9-12(22)7-13(23)10-29;/h2-3,6,8,12-13H,4-5,7,9-10,21-23H2,1H3,(H2,24,25,26,27,28);1H/t12-,13+;. The van der Waals surface area contributed by atoms with Gasteiger partial charge in [-0.15, -0.1) is 12.4 Å². The maximum Gasteiger partial charge on any atom is 0.336 e. The monoisotopic (exact) mass is 461 g/mol. The average molecular weight is 462 g/mol. The third-order valence-corrected chi connectivity index (χ3v) is 5.06. The molecule has 1 fully saturated rings. The van der Waals surface area contributed by atoms with Gasteiger partial charge in [-0.1, -0.05) is 0 Å². The second kappa shape index (κ2) is 10.1. The Morgan fingerprint density at radius 2 is 1.84 bits per heavy atom. The van der Waals surface area contributed by atoms with Gasteiger partial charge in [0.05, 0.1) is 0 Å². The third-order valence-electron chi connectivity index (χ3n) is 5.06. The molecule has 0 radical (unpaired) electrons. The summed E-state index contributed by atoms with van der Waals surface area (Å²) in [6.07, 6.45) is 0.757. The van der Waals surface area contributed by atoms with E-state index in [2.05, 4.69) is 25.6 Å². The van der Waals surface area contributed by atoms with Gasteiger partial charge in [-0.3, -0.25) is 0 Å².